The highest BCUT2D eigenvalue weighted by Gasteiger charge is 2.26. The van der Waals surface area contributed by atoms with Crippen LogP contribution in [0, 0.1) is 11.3 Å². The summed E-state index contributed by atoms with van der Waals surface area (Å²) in [6.07, 6.45) is 1.37. The van der Waals surface area contributed by atoms with Gasteiger partial charge in [-0.2, -0.15) is 0 Å². The fourth-order valence-electron chi connectivity index (χ4n) is 1.04. The second-order valence-corrected chi connectivity index (χ2v) is 4.88. The van der Waals surface area contributed by atoms with Crippen LogP contribution in [-0.4, -0.2) is 18.6 Å². The maximum atomic E-state index is 5.96. The van der Waals surface area contributed by atoms with E-state index >= 15 is 0 Å². The largest absolute Gasteiger partial charge is 0.379 e. The second-order valence-electron chi connectivity index (χ2n) is 4.61. The van der Waals surface area contributed by atoms with Gasteiger partial charge in [-0.25, -0.2) is 0 Å². The maximum Gasteiger partial charge on any atom is 0.0518 e. The van der Waals surface area contributed by atoms with Crippen molar-refractivity contribution in [3.63, 3.8) is 0 Å². The van der Waals surface area contributed by atoms with Crippen molar-refractivity contribution in [3.8, 4) is 0 Å². The zero-order valence-electron chi connectivity index (χ0n) is 9.56. The molecule has 0 radical (unpaired) electrons. The number of halogens is 1. The van der Waals surface area contributed by atoms with Gasteiger partial charge in [-0.15, -0.1) is 11.6 Å². The van der Waals surface area contributed by atoms with Crippen LogP contribution in [0.15, 0.2) is 0 Å². The maximum absolute atomic E-state index is 5.96. The minimum absolute atomic E-state index is 0.219. The van der Waals surface area contributed by atoms with Crippen molar-refractivity contribution in [2.24, 2.45) is 11.3 Å². The second kappa shape index (κ2) is 5.87. The van der Waals surface area contributed by atoms with Crippen molar-refractivity contribution in [1.29, 1.82) is 0 Å². The third-order valence-electron chi connectivity index (χ3n) is 2.82. The van der Waals surface area contributed by atoms with Crippen molar-refractivity contribution in [3.05, 3.63) is 0 Å². The first kappa shape index (κ1) is 13.2. The summed E-state index contributed by atoms with van der Waals surface area (Å²) in [5.74, 6) is 1.33. The molecule has 0 rings (SSSR count). The molecule has 0 aromatic rings. The monoisotopic (exact) mass is 206 g/mol. The van der Waals surface area contributed by atoms with Gasteiger partial charge in [-0.3, -0.25) is 0 Å². The molecule has 0 N–H and O–H groups in total. The van der Waals surface area contributed by atoms with Crippen LogP contribution < -0.4 is 0 Å². The van der Waals surface area contributed by atoms with Gasteiger partial charge in [-0.05, 0) is 31.6 Å². The predicted molar refractivity (Wildman–Crippen MR) is 59.4 cm³/mol. The first-order chi connectivity index (χ1) is 5.92. The van der Waals surface area contributed by atoms with Crippen molar-refractivity contribution in [2.75, 3.05) is 12.5 Å². The molecule has 0 amide bonds. The van der Waals surface area contributed by atoms with E-state index in [-0.39, 0.29) is 5.41 Å². The van der Waals surface area contributed by atoms with Gasteiger partial charge in [0, 0.05) is 12.5 Å². The summed E-state index contributed by atoms with van der Waals surface area (Å²) in [4.78, 5) is 0. The molecular formula is C11H23ClO. The molecule has 0 aromatic heterocycles. The lowest BCUT2D eigenvalue weighted by molar-refractivity contribution is 0.0486. The Bertz CT molecular complexity index is 134. The molecule has 80 valence electrons. The van der Waals surface area contributed by atoms with E-state index in [4.69, 9.17) is 16.3 Å². The van der Waals surface area contributed by atoms with Crippen LogP contribution in [0.3, 0.4) is 0 Å². The van der Waals surface area contributed by atoms with Gasteiger partial charge in [0.15, 0.2) is 0 Å². The molecule has 0 aliphatic carbocycles. The van der Waals surface area contributed by atoms with Gasteiger partial charge in [0.1, 0.15) is 0 Å². The third-order valence-corrected chi connectivity index (χ3v) is 3.43. The van der Waals surface area contributed by atoms with Crippen LogP contribution in [0.2, 0.25) is 0 Å². The molecule has 0 saturated heterocycles. The smallest absolute Gasteiger partial charge is 0.0518 e. The van der Waals surface area contributed by atoms with Gasteiger partial charge < -0.3 is 4.74 Å². The standard InChI is InChI=1S/C11H23ClO/c1-9(2)11(5,8-12)6-7-13-10(3)4/h9-10H,6-8H2,1-5H3. The SMILES string of the molecule is CC(C)OCCC(C)(CCl)C(C)C. The summed E-state index contributed by atoms with van der Waals surface area (Å²) in [5, 5.41) is 0. The summed E-state index contributed by atoms with van der Waals surface area (Å²) >= 11 is 5.96. The zero-order chi connectivity index (χ0) is 10.5. The number of hydrogen-bond donors (Lipinski definition) is 0. The number of ether oxygens (including phenoxy) is 1. The Morgan fingerprint density at radius 3 is 2.08 bits per heavy atom. The van der Waals surface area contributed by atoms with Crippen molar-refractivity contribution >= 4 is 11.6 Å². The normalized spacial score (nSPS) is 16.6. The average Bonchev–Trinajstić information content (AvgIpc) is 2.03. The van der Waals surface area contributed by atoms with Crippen LogP contribution >= 0.6 is 11.6 Å². The van der Waals surface area contributed by atoms with Gasteiger partial charge in [0.25, 0.3) is 0 Å². The fraction of sp³-hybridized carbons (Fsp3) is 1.00. The van der Waals surface area contributed by atoms with Crippen LogP contribution in [0.1, 0.15) is 41.0 Å². The van der Waals surface area contributed by atoms with Crippen LogP contribution in [0.5, 0.6) is 0 Å². The average molecular weight is 207 g/mol. The Balaban J connectivity index is 3.84. The molecule has 0 saturated carbocycles. The molecule has 1 atom stereocenters. The molecule has 1 unspecified atom stereocenters. The molecule has 0 aliphatic rings. The summed E-state index contributed by atoms with van der Waals surface area (Å²) in [7, 11) is 0. The Hall–Kier alpha value is 0.250. The summed E-state index contributed by atoms with van der Waals surface area (Å²) in [6.45, 7) is 11.6. The highest BCUT2D eigenvalue weighted by Crippen LogP contribution is 2.32. The molecule has 0 aromatic carbocycles. The van der Waals surface area contributed by atoms with E-state index < -0.39 is 0 Å². The quantitative estimate of drug-likeness (QED) is 0.603. The van der Waals surface area contributed by atoms with Crippen LogP contribution in [0.4, 0.5) is 0 Å². The molecule has 13 heavy (non-hydrogen) atoms. The summed E-state index contributed by atoms with van der Waals surface area (Å²) in [6, 6.07) is 0. The fourth-order valence-corrected chi connectivity index (χ4v) is 1.48. The van der Waals surface area contributed by atoms with Gasteiger partial charge in [-0.1, -0.05) is 20.8 Å². The number of rotatable bonds is 6. The molecule has 0 heterocycles. The highest BCUT2D eigenvalue weighted by atomic mass is 35.5. The van der Waals surface area contributed by atoms with Crippen LogP contribution in [-0.2, 0) is 4.74 Å². The first-order valence-electron chi connectivity index (χ1n) is 5.10. The predicted octanol–water partition coefficient (Wildman–Crippen LogP) is 3.70. The van der Waals surface area contributed by atoms with Gasteiger partial charge in [0.2, 0.25) is 0 Å². The summed E-state index contributed by atoms with van der Waals surface area (Å²) < 4.78 is 5.53. The minimum Gasteiger partial charge on any atom is -0.379 e. The number of hydrogen-bond acceptors (Lipinski definition) is 1. The van der Waals surface area contributed by atoms with Crippen molar-refractivity contribution < 1.29 is 4.74 Å². The first-order valence-corrected chi connectivity index (χ1v) is 5.63. The lowest BCUT2D eigenvalue weighted by Gasteiger charge is -2.31. The highest BCUT2D eigenvalue weighted by molar-refractivity contribution is 6.18. The molecule has 0 aliphatic heterocycles. The molecule has 0 bridgehead atoms. The Morgan fingerprint density at radius 2 is 1.77 bits per heavy atom. The topological polar surface area (TPSA) is 9.23 Å². The van der Waals surface area contributed by atoms with Gasteiger partial charge >= 0.3 is 0 Å². The van der Waals surface area contributed by atoms with Crippen molar-refractivity contribution in [1.82, 2.24) is 0 Å². The van der Waals surface area contributed by atoms with E-state index in [0.717, 1.165) is 13.0 Å². The molecule has 0 fully saturated rings. The molecule has 2 heteroatoms. The van der Waals surface area contributed by atoms with Gasteiger partial charge in [0.05, 0.1) is 6.10 Å². The van der Waals surface area contributed by atoms with E-state index in [1.165, 1.54) is 0 Å². The Labute approximate surface area is 87.8 Å². The summed E-state index contributed by atoms with van der Waals surface area (Å²) in [5.41, 5.74) is 0.219. The molecular weight excluding hydrogens is 184 g/mol. The van der Waals surface area contributed by atoms with E-state index in [0.29, 0.717) is 17.9 Å². The zero-order valence-corrected chi connectivity index (χ0v) is 10.3. The van der Waals surface area contributed by atoms with Crippen molar-refractivity contribution in [2.45, 2.75) is 47.1 Å². The molecule has 0 spiro atoms. The lowest BCUT2D eigenvalue weighted by Crippen LogP contribution is -2.27. The van der Waals surface area contributed by atoms with E-state index in [1.54, 1.807) is 0 Å². The lowest BCUT2D eigenvalue weighted by atomic mass is 9.78. The van der Waals surface area contributed by atoms with E-state index in [1.807, 2.05) is 0 Å². The van der Waals surface area contributed by atoms with E-state index in [9.17, 15) is 0 Å². The molecule has 1 nitrogen and oxygen atoms in total. The minimum atomic E-state index is 0.219. The Kier molecular flexibility index (Phi) is 5.98. The van der Waals surface area contributed by atoms with Crippen LogP contribution in [0.25, 0.3) is 0 Å². The Morgan fingerprint density at radius 1 is 1.23 bits per heavy atom. The number of alkyl halides is 1. The third kappa shape index (κ3) is 4.87. The van der Waals surface area contributed by atoms with E-state index in [2.05, 4.69) is 34.6 Å².